The number of carbonyl (C=O) groups is 3. The lowest BCUT2D eigenvalue weighted by molar-refractivity contribution is -0.145. The fourth-order valence-electron chi connectivity index (χ4n) is 2.45. The largest absolute Gasteiger partial charge is 0.466 e. The molecule has 0 saturated carbocycles. The summed E-state index contributed by atoms with van der Waals surface area (Å²) in [6.45, 7) is 6.48. The summed E-state index contributed by atoms with van der Waals surface area (Å²) in [5.74, 6) is -0.389. The summed E-state index contributed by atoms with van der Waals surface area (Å²) in [6.07, 6.45) is 9.15. The quantitative estimate of drug-likeness (QED) is 0.253. The van der Waals surface area contributed by atoms with Gasteiger partial charge in [0.1, 0.15) is 12.1 Å². The molecule has 134 valence electrons. The molecule has 0 aromatic rings. The Morgan fingerprint density at radius 2 is 1.65 bits per heavy atom. The van der Waals surface area contributed by atoms with Gasteiger partial charge < -0.3 is 9.53 Å². The first-order chi connectivity index (χ1) is 11.0. The first-order valence-corrected chi connectivity index (χ1v) is 9.17. The first-order valence-electron chi connectivity index (χ1n) is 9.17. The second-order valence-corrected chi connectivity index (χ2v) is 6.44. The molecule has 2 unspecified atom stereocenters. The maximum absolute atomic E-state index is 12.0. The van der Waals surface area contributed by atoms with Gasteiger partial charge >= 0.3 is 5.97 Å². The van der Waals surface area contributed by atoms with Crippen LogP contribution in [0.15, 0.2) is 0 Å². The normalized spacial score (nSPS) is 13.3. The highest BCUT2D eigenvalue weighted by atomic mass is 16.5. The van der Waals surface area contributed by atoms with E-state index < -0.39 is 0 Å². The number of ketones is 1. The average molecular weight is 326 g/mol. The molecule has 0 saturated heterocycles. The van der Waals surface area contributed by atoms with Gasteiger partial charge in [-0.3, -0.25) is 9.59 Å². The van der Waals surface area contributed by atoms with Crippen LogP contribution in [-0.2, 0) is 19.1 Å². The predicted molar refractivity (Wildman–Crippen MR) is 92.2 cm³/mol. The van der Waals surface area contributed by atoms with E-state index in [0.717, 1.165) is 25.5 Å². The van der Waals surface area contributed by atoms with Gasteiger partial charge in [0.25, 0.3) is 0 Å². The Morgan fingerprint density at radius 1 is 1.00 bits per heavy atom. The SMILES string of the molecule is CCCCCCCCOC(=O)CC(CC=O)CC(=O)C(C)CC. The van der Waals surface area contributed by atoms with Gasteiger partial charge in [0.05, 0.1) is 6.61 Å². The van der Waals surface area contributed by atoms with Crippen LogP contribution in [0, 0.1) is 11.8 Å². The number of carbonyl (C=O) groups excluding carboxylic acids is 3. The van der Waals surface area contributed by atoms with E-state index in [2.05, 4.69) is 6.92 Å². The Bertz CT molecular complexity index is 338. The second kappa shape index (κ2) is 14.4. The third kappa shape index (κ3) is 12.0. The van der Waals surface area contributed by atoms with Crippen molar-refractivity contribution in [1.82, 2.24) is 0 Å². The molecule has 0 rings (SSSR count). The smallest absolute Gasteiger partial charge is 0.306 e. The van der Waals surface area contributed by atoms with Crippen LogP contribution in [0.25, 0.3) is 0 Å². The number of aldehydes is 1. The highest BCUT2D eigenvalue weighted by molar-refractivity contribution is 5.82. The zero-order valence-corrected chi connectivity index (χ0v) is 15.1. The van der Waals surface area contributed by atoms with Gasteiger partial charge in [-0.25, -0.2) is 0 Å². The minimum atomic E-state index is -0.289. The van der Waals surface area contributed by atoms with E-state index in [1.54, 1.807) is 0 Å². The van der Waals surface area contributed by atoms with Crippen molar-refractivity contribution in [3.63, 3.8) is 0 Å². The van der Waals surface area contributed by atoms with Crippen molar-refractivity contribution in [3.8, 4) is 0 Å². The van der Waals surface area contributed by atoms with E-state index in [9.17, 15) is 14.4 Å². The van der Waals surface area contributed by atoms with E-state index >= 15 is 0 Å². The van der Waals surface area contributed by atoms with Gasteiger partial charge in [-0.2, -0.15) is 0 Å². The molecule has 0 aromatic carbocycles. The van der Waals surface area contributed by atoms with Crippen molar-refractivity contribution >= 4 is 18.0 Å². The van der Waals surface area contributed by atoms with Gasteiger partial charge in [0.15, 0.2) is 0 Å². The van der Waals surface area contributed by atoms with Crippen LogP contribution in [-0.4, -0.2) is 24.6 Å². The molecule has 0 aliphatic heterocycles. The number of hydrogen-bond donors (Lipinski definition) is 0. The molecule has 0 heterocycles. The van der Waals surface area contributed by atoms with Gasteiger partial charge in [0.2, 0.25) is 0 Å². The Morgan fingerprint density at radius 3 is 2.26 bits per heavy atom. The maximum Gasteiger partial charge on any atom is 0.306 e. The van der Waals surface area contributed by atoms with E-state index in [1.807, 2.05) is 13.8 Å². The number of ether oxygens (including phenoxy) is 1. The van der Waals surface area contributed by atoms with Gasteiger partial charge in [-0.05, 0) is 18.8 Å². The fraction of sp³-hybridized carbons (Fsp3) is 0.842. The van der Waals surface area contributed by atoms with Crippen molar-refractivity contribution < 1.29 is 19.1 Å². The lowest BCUT2D eigenvalue weighted by atomic mass is 9.90. The minimum absolute atomic E-state index is 0.0108. The van der Waals surface area contributed by atoms with E-state index in [4.69, 9.17) is 4.74 Å². The number of unbranched alkanes of at least 4 members (excludes halogenated alkanes) is 5. The van der Waals surface area contributed by atoms with Crippen LogP contribution >= 0.6 is 0 Å². The molecule has 0 amide bonds. The molecule has 0 bridgehead atoms. The topological polar surface area (TPSA) is 60.4 Å². The number of Topliss-reactive ketones (excluding diaryl/α,β-unsaturated/α-hetero) is 1. The molecule has 4 nitrogen and oxygen atoms in total. The highest BCUT2D eigenvalue weighted by Gasteiger charge is 2.20. The molecule has 0 N–H and O–H groups in total. The Balaban J connectivity index is 3.96. The zero-order chi connectivity index (χ0) is 17.5. The Kier molecular flexibility index (Phi) is 13.7. The second-order valence-electron chi connectivity index (χ2n) is 6.44. The lowest BCUT2D eigenvalue weighted by Crippen LogP contribution is -2.19. The average Bonchev–Trinajstić information content (AvgIpc) is 2.53. The summed E-state index contributed by atoms with van der Waals surface area (Å²) in [6, 6.07) is 0. The summed E-state index contributed by atoms with van der Waals surface area (Å²) in [5.41, 5.74) is 0. The molecule has 4 heteroatoms. The van der Waals surface area contributed by atoms with Crippen LogP contribution in [0.1, 0.15) is 85.0 Å². The minimum Gasteiger partial charge on any atom is -0.466 e. The fourth-order valence-corrected chi connectivity index (χ4v) is 2.45. The Labute approximate surface area is 141 Å². The maximum atomic E-state index is 12.0. The summed E-state index contributed by atoms with van der Waals surface area (Å²) in [4.78, 5) is 34.5. The standard InChI is InChI=1S/C19H34O4/c1-4-6-7-8-9-10-13-23-19(22)15-17(11-12-20)14-18(21)16(3)5-2/h12,16-17H,4-11,13-15H2,1-3H3. The van der Waals surface area contributed by atoms with Crippen LogP contribution in [0.4, 0.5) is 0 Å². The van der Waals surface area contributed by atoms with Crippen molar-refractivity contribution in [1.29, 1.82) is 0 Å². The molecular formula is C19H34O4. The van der Waals surface area contributed by atoms with Crippen molar-refractivity contribution in [2.75, 3.05) is 6.61 Å². The van der Waals surface area contributed by atoms with E-state index in [1.165, 1.54) is 25.7 Å². The summed E-state index contributed by atoms with van der Waals surface area (Å²) in [7, 11) is 0. The first kappa shape index (κ1) is 21.8. The third-order valence-electron chi connectivity index (χ3n) is 4.30. The van der Waals surface area contributed by atoms with Gasteiger partial charge in [-0.1, -0.05) is 52.9 Å². The van der Waals surface area contributed by atoms with E-state index in [0.29, 0.717) is 13.0 Å². The van der Waals surface area contributed by atoms with Crippen LogP contribution in [0.3, 0.4) is 0 Å². The molecule has 2 atom stereocenters. The molecule has 0 fully saturated rings. The molecule has 0 aromatic heterocycles. The molecule has 23 heavy (non-hydrogen) atoms. The summed E-state index contributed by atoms with van der Waals surface area (Å²) >= 11 is 0. The number of hydrogen-bond acceptors (Lipinski definition) is 4. The predicted octanol–water partition coefficient (Wildman–Crippen LogP) is 4.49. The molecular weight excluding hydrogens is 292 g/mol. The van der Waals surface area contributed by atoms with Gasteiger partial charge in [-0.15, -0.1) is 0 Å². The zero-order valence-electron chi connectivity index (χ0n) is 15.1. The summed E-state index contributed by atoms with van der Waals surface area (Å²) < 4.78 is 5.23. The number of esters is 1. The molecule has 0 aliphatic carbocycles. The van der Waals surface area contributed by atoms with Crippen LogP contribution in [0.2, 0.25) is 0 Å². The Hall–Kier alpha value is -1.19. The highest BCUT2D eigenvalue weighted by Crippen LogP contribution is 2.18. The van der Waals surface area contributed by atoms with Gasteiger partial charge in [0, 0.05) is 25.2 Å². The summed E-state index contributed by atoms with van der Waals surface area (Å²) in [5, 5.41) is 0. The van der Waals surface area contributed by atoms with Crippen LogP contribution < -0.4 is 0 Å². The molecule has 0 radical (unpaired) electrons. The van der Waals surface area contributed by atoms with Crippen molar-refractivity contribution in [3.05, 3.63) is 0 Å². The monoisotopic (exact) mass is 326 g/mol. The number of rotatable bonds is 15. The lowest BCUT2D eigenvalue weighted by Gasteiger charge is -2.15. The molecule has 0 spiro atoms. The third-order valence-corrected chi connectivity index (χ3v) is 4.30. The van der Waals surface area contributed by atoms with Crippen molar-refractivity contribution in [2.45, 2.75) is 85.0 Å². The van der Waals surface area contributed by atoms with Crippen LogP contribution in [0.5, 0.6) is 0 Å². The van der Waals surface area contributed by atoms with E-state index in [-0.39, 0.29) is 36.4 Å². The van der Waals surface area contributed by atoms with Crippen molar-refractivity contribution in [2.24, 2.45) is 11.8 Å². The molecule has 0 aliphatic rings.